The number of halogens is 1. The maximum Gasteiger partial charge on any atom is 0.410 e. The number of benzene rings is 1. The monoisotopic (exact) mass is 358 g/mol. The Labute approximate surface area is 142 Å². The van der Waals surface area contributed by atoms with Crippen molar-refractivity contribution in [2.45, 2.75) is 31.9 Å². The molecule has 0 N–H and O–H groups in total. The Kier molecular flexibility index (Phi) is 5.49. The van der Waals surface area contributed by atoms with Crippen LogP contribution in [0.1, 0.15) is 31.8 Å². The van der Waals surface area contributed by atoms with Gasteiger partial charge in [0.25, 0.3) is 10.0 Å². The average molecular weight is 358 g/mol. The highest BCUT2D eigenvalue weighted by Crippen LogP contribution is 2.27. The molecule has 24 heavy (non-hydrogen) atoms. The quantitative estimate of drug-likeness (QED) is 0.833. The van der Waals surface area contributed by atoms with E-state index < -0.39 is 27.2 Å². The van der Waals surface area contributed by atoms with Gasteiger partial charge in [-0.05, 0) is 20.8 Å². The lowest BCUT2D eigenvalue weighted by Crippen LogP contribution is -2.52. The highest BCUT2D eigenvalue weighted by atomic mass is 32.2. The predicted octanol–water partition coefficient (Wildman–Crippen LogP) is 2.54. The molecule has 0 saturated carbocycles. The largest absolute Gasteiger partial charge is 0.444 e. The van der Waals surface area contributed by atoms with Gasteiger partial charge in [0.2, 0.25) is 5.50 Å². The summed E-state index contributed by atoms with van der Waals surface area (Å²) in [7, 11) is -4.11. The van der Waals surface area contributed by atoms with Gasteiger partial charge in [0.1, 0.15) is 5.60 Å². The van der Waals surface area contributed by atoms with Crippen LogP contribution in [0.25, 0.3) is 0 Å². The summed E-state index contributed by atoms with van der Waals surface area (Å²) in [5.74, 6) is 0. The molecular formula is C16H23FN2O4S. The maximum atomic E-state index is 14.4. The van der Waals surface area contributed by atoms with Gasteiger partial charge in [-0.1, -0.05) is 30.3 Å². The second-order valence-electron chi connectivity index (χ2n) is 6.64. The Balaban J connectivity index is 2.00. The van der Waals surface area contributed by atoms with Crippen LogP contribution < -0.4 is 0 Å². The maximum absolute atomic E-state index is 14.4. The minimum atomic E-state index is -4.11. The number of amides is 1. The number of piperazine rings is 1. The van der Waals surface area contributed by atoms with Crippen molar-refractivity contribution in [2.24, 2.45) is 0 Å². The van der Waals surface area contributed by atoms with Crippen LogP contribution in [-0.2, 0) is 14.8 Å². The van der Waals surface area contributed by atoms with Gasteiger partial charge in [0.05, 0.1) is 0 Å². The van der Waals surface area contributed by atoms with Gasteiger partial charge in [-0.3, -0.25) is 0 Å². The lowest BCUT2D eigenvalue weighted by molar-refractivity contribution is 0.0191. The molecule has 134 valence electrons. The van der Waals surface area contributed by atoms with Crippen LogP contribution in [0.5, 0.6) is 0 Å². The Morgan fingerprint density at radius 3 is 2.17 bits per heavy atom. The third-order valence-corrected chi connectivity index (χ3v) is 5.45. The van der Waals surface area contributed by atoms with Gasteiger partial charge >= 0.3 is 6.09 Å². The molecule has 0 aromatic heterocycles. The number of carbonyl (C=O) groups is 1. The molecule has 1 atom stereocenters. The first-order valence-corrected chi connectivity index (χ1v) is 9.27. The number of hydrogen-bond donors (Lipinski definition) is 0. The van der Waals surface area contributed by atoms with Crippen LogP contribution in [-0.4, -0.2) is 55.5 Å². The van der Waals surface area contributed by atoms with E-state index in [0.29, 0.717) is 0 Å². The summed E-state index contributed by atoms with van der Waals surface area (Å²) in [5, 5.41) is 0. The van der Waals surface area contributed by atoms with Crippen molar-refractivity contribution in [1.82, 2.24) is 9.21 Å². The van der Waals surface area contributed by atoms with Gasteiger partial charge in [-0.25, -0.2) is 17.6 Å². The van der Waals surface area contributed by atoms with Gasteiger partial charge in [-0.15, -0.1) is 0 Å². The van der Waals surface area contributed by atoms with Crippen molar-refractivity contribution in [1.29, 1.82) is 0 Å². The summed E-state index contributed by atoms with van der Waals surface area (Å²) in [5.41, 5.74) is -2.61. The highest BCUT2D eigenvalue weighted by molar-refractivity contribution is 7.89. The zero-order chi connectivity index (χ0) is 18.0. The minimum absolute atomic E-state index is 0.0504. The van der Waals surface area contributed by atoms with E-state index in [1.807, 2.05) is 0 Å². The molecule has 8 heteroatoms. The van der Waals surface area contributed by atoms with E-state index >= 15 is 0 Å². The first-order chi connectivity index (χ1) is 11.1. The summed E-state index contributed by atoms with van der Waals surface area (Å²) in [6, 6.07) is 7.77. The number of ether oxygens (including phenoxy) is 1. The Morgan fingerprint density at radius 1 is 1.12 bits per heavy atom. The van der Waals surface area contributed by atoms with E-state index in [4.69, 9.17) is 4.74 Å². The molecule has 1 aromatic rings. The SMILES string of the molecule is CC(C)(C)OC(=O)N1CCN(S(=O)(=O)C(F)c2ccccc2)CC1. The number of rotatable bonds is 3. The van der Waals surface area contributed by atoms with Crippen LogP contribution in [0.15, 0.2) is 30.3 Å². The van der Waals surface area contributed by atoms with Gasteiger partial charge in [0, 0.05) is 31.7 Å². The molecular weight excluding hydrogens is 335 g/mol. The highest BCUT2D eigenvalue weighted by Gasteiger charge is 2.36. The average Bonchev–Trinajstić information content (AvgIpc) is 2.53. The van der Waals surface area contributed by atoms with Crippen molar-refractivity contribution in [3.8, 4) is 0 Å². The van der Waals surface area contributed by atoms with E-state index in [0.717, 1.165) is 4.31 Å². The predicted molar refractivity (Wildman–Crippen MR) is 88.6 cm³/mol. The first kappa shape index (κ1) is 18.7. The smallest absolute Gasteiger partial charge is 0.410 e. The van der Waals surface area contributed by atoms with Crippen molar-refractivity contribution in [3.05, 3.63) is 35.9 Å². The normalized spacial score (nSPS) is 18.2. The topological polar surface area (TPSA) is 66.9 Å². The van der Waals surface area contributed by atoms with Crippen LogP contribution in [0.2, 0.25) is 0 Å². The second kappa shape index (κ2) is 7.06. The fourth-order valence-electron chi connectivity index (χ4n) is 2.36. The fraction of sp³-hybridized carbons (Fsp3) is 0.562. The molecule has 1 heterocycles. The molecule has 1 aromatic carbocycles. The van der Waals surface area contributed by atoms with Gasteiger partial charge in [0.15, 0.2) is 0 Å². The molecule has 1 aliphatic heterocycles. The number of hydrogen-bond acceptors (Lipinski definition) is 4. The van der Waals surface area contributed by atoms with Crippen LogP contribution in [0, 0.1) is 0 Å². The first-order valence-electron chi connectivity index (χ1n) is 7.77. The number of carbonyl (C=O) groups excluding carboxylic acids is 1. The molecule has 1 fully saturated rings. The van der Waals surface area contributed by atoms with Gasteiger partial charge < -0.3 is 9.64 Å². The molecule has 1 aliphatic rings. The molecule has 0 bridgehead atoms. The summed E-state index contributed by atoms with van der Waals surface area (Å²) in [4.78, 5) is 13.4. The van der Waals surface area contributed by atoms with Gasteiger partial charge in [-0.2, -0.15) is 4.31 Å². The molecule has 2 rings (SSSR count). The molecule has 0 radical (unpaired) electrons. The number of nitrogens with zero attached hydrogens (tertiary/aromatic N) is 2. The molecule has 0 aliphatic carbocycles. The van der Waals surface area contributed by atoms with Crippen molar-refractivity contribution < 1.29 is 22.3 Å². The molecule has 6 nitrogen and oxygen atoms in total. The third-order valence-electron chi connectivity index (χ3n) is 3.57. The summed E-state index contributed by atoms with van der Waals surface area (Å²) in [6.45, 7) is 5.74. The molecule has 1 saturated heterocycles. The summed E-state index contributed by atoms with van der Waals surface area (Å²) in [6.07, 6.45) is -0.487. The Bertz CT molecular complexity index is 665. The van der Waals surface area contributed by atoms with Crippen molar-refractivity contribution in [2.75, 3.05) is 26.2 Å². The lowest BCUT2D eigenvalue weighted by atomic mass is 10.2. The number of sulfonamides is 1. The zero-order valence-corrected chi connectivity index (χ0v) is 14.9. The standard InChI is InChI=1S/C16H23FN2O4S/c1-16(2,3)23-15(20)18-9-11-19(12-10-18)24(21,22)14(17)13-7-5-4-6-8-13/h4-8,14H,9-12H2,1-3H3. The minimum Gasteiger partial charge on any atom is -0.444 e. The Hall–Kier alpha value is -1.67. The van der Waals surface area contributed by atoms with E-state index in [1.165, 1.54) is 17.0 Å². The lowest BCUT2D eigenvalue weighted by Gasteiger charge is -2.35. The van der Waals surface area contributed by atoms with E-state index in [-0.39, 0.29) is 31.7 Å². The van der Waals surface area contributed by atoms with Crippen LogP contribution in [0.3, 0.4) is 0 Å². The Morgan fingerprint density at radius 2 is 1.67 bits per heavy atom. The zero-order valence-electron chi connectivity index (χ0n) is 14.1. The van der Waals surface area contributed by atoms with Crippen LogP contribution in [0.4, 0.5) is 9.18 Å². The molecule has 1 amide bonds. The fourth-order valence-corrected chi connectivity index (χ4v) is 3.79. The van der Waals surface area contributed by atoms with Crippen molar-refractivity contribution >= 4 is 16.1 Å². The summed E-state index contributed by atoms with van der Waals surface area (Å²) >= 11 is 0. The second-order valence-corrected chi connectivity index (χ2v) is 8.60. The van der Waals surface area contributed by atoms with Crippen LogP contribution >= 0.6 is 0 Å². The van der Waals surface area contributed by atoms with Crippen molar-refractivity contribution in [3.63, 3.8) is 0 Å². The van der Waals surface area contributed by atoms with E-state index in [2.05, 4.69) is 0 Å². The van der Waals surface area contributed by atoms with E-state index in [9.17, 15) is 17.6 Å². The summed E-state index contributed by atoms with van der Waals surface area (Å²) < 4.78 is 45.6. The van der Waals surface area contributed by atoms with E-state index in [1.54, 1.807) is 39.0 Å². The molecule has 0 spiro atoms. The third kappa shape index (κ3) is 4.45. The number of alkyl halides is 1. The molecule has 1 unspecified atom stereocenters.